The zero-order valence-corrected chi connectivity index (χ0v) is 12.8. The van der Waals surface area contributed by atoms with Gasteiger partial charge < -0.3 is 10.6 Å². The molecule has 2 aliphatic carbocycles. The molecule has 1 aromatic carbocycles. The zero-order chi connectivity index (χ0) is 13.2. The van der Waals surface area contributed by atoms with Gasteiger partial charge in [0.1, 0.15) is 0 Å². The molecule has 3 rings (SSSR count). The van der Waals surface area contributed by atoms with Crippen molar-refractivity contribution in [3.8, 4) is 0 Å². The third-order valence-corrected chi connectivity index (χ3v) is 4.42. The van der Waals surface area contributed by atoms with E-state index in [1.165, 1.54) is 24.8 Å². The average Bonchev–Trinajstić information content (AvgIpc) is 3.31. The minimum atomic E-state index is 0.534. The SMILES string of the molecule is CN=C(NCC1CC1)NC1CC1c1ccc(Br)cc1. The Morgan fingerprint density at radius 3 is 2.68 bits per heavy atom. The second-order valence-electron chi connectivity index (χ2n) is 5.54. The first-order valence-electron chi connectivity index (χ1n) is 6.99. The van der Waals surface area contributed by atoms with Crippen LogP contribution < -0.4 is 10.6 Å². The molecule has 1 aromatic rings. The maximum atomic E-state index is 4.30. The van der Waals surface area contributed by atoms with E-state index in [9.17, 15) is 0 Å². The van der Waals surface area contributed by atoms with E-state index in [1.54, 1.807) is 0 Å². The summed E-state index contributed by atoms with van der Waals surface area (Å²) in [4.78, 5) is 4.30. The number of rotatable bonds is 4. The van der Waals surface area contributed by atoms with Crippen LogP contribution in [0, 0.1) is 5.92 Å². The highest BCUT2D eigenvalue weighted by molar-refractivity contribution is 9.10. The quantitative estimate of drug-likeness (QED) is 0.661. The molecule has 2 fully saturated rings. The molecule has 0 radical (unpaired) electrons. The van der Waals surface area contributed by atoms with Crippen molar-refractivity contribution in [2.24, 2.45) is 10.9 Å². The van der Waals surface area contributed by atoms with Crippen LogP contribution >= 0.6 is 15.9 Å². The molecular formula is C15H20BrN3. The van der Waals surface area contributed by atoms with Crippen molar-refractivity contribution in [2.45, 2.75) is 31.2 Å². The predicted octanol–water partition coefficient (Wildman–Crippen LogP) is 2.88. The maximum Gasteiger partial charge on any atom is 0.191 e. The van der Waals surface area contributed by atoms with Gasteiger partial charge in [-0.2, -0.15) is 0 Å². The minimum Gasteiger partial charge on any atom is -0.356 e. The van der Waals surface area contributed by atoms with Gasteiger partial charge in [-0.1, -0.05) is 28.1 Å². The van der Waals surface area contributed by atoms with Crippen LogP contribution in [-0.2, 0) is 0 Å². The fraction of sp³-hybridized carbons (Fsp3) is 0.533. The molecule has 3 nitrogen and oxygen atoms in total. The number of guanidine groups is 1. The van der Waals surface area contributed by atoms with Crippen molar-refractivity contribution in [3.05, 3.63) is 34.3 Å². The van der Waals surface area contributed by atoms with Gasteiger partial charge in [0.05, 0.1) is 0 Å². The van der Waals surface area contributed by atoms with Gasteiger partial charge in [-0.15, -0.1) is 0 Å². The molecule has 0 saturated heterocycles. The van der Waals surface area contributed by atoms with Crippen LogP contribution in [0.1, 0.15) is 30.7 Å². The van der Waals surface area contributed by atoms with E-state index in [2.05, 4.69) is 55.8 Å². The van der Waals surface area contributed by atoms with Crippen molar-refractivity contribution >= 4 is 21.9 Å². The highest BCUT2D eigenvalue weighted by atomic mass is 79.9. The summed E-state index contributed by atoms with van der Waals surface area (Å²) >= 11 is 3.48. The third kappa shape index (κ3) is 3.50. The number of hydrogen-bond acceptors (Lipinski definition) is 1. The van der Waals surface area contributed by atoms with Gasteiger partial charge in [0.15, 0.2) is 5.96 Å². The summed E-state index contributed by atoms with van der Waals surface area (Å²) in [5.41, 5.74) is 1.42. The lowest BCUT2D eigenvalue weighted by atomic mass is 10.1. The number of aliphatic imine (C=N–C) groups is 1. The van der Waals surface area contributed by atoms with Crippen LogP contribution in [0.4, 0.5) is 0 Å². The Bertz CT molecular complexity index is 465. The Hall–Kier alpha value is -1.03. The van der Waals surface area contributed by atoms with Gasteiger partial charge in [0, 0.05) is 30.0 Å². The lowest BCUT2D eigenvalue weighted by Crippen LogP contribution is -2.39. The van der Waals surface area contributed by atoms with Crippen LogP contribution in [0.2, 0.25) is 0 Å². The molecular weight excluding hydrogens is 302 g/mol. The Balaban J connectivity index is 1.49. The van der Waals surface area contributed by atoms with Crippen LogP contribution in [0.15, 0.2) is 33.7 Å². The van der Waals surface area contributed by atoms with Crippen molar-refractivity contribution in [1.29, 1.82) is 0 Å². The summed E-state index contributed by atoms with van der Waals surface area (Å²) in [5.74, 6) is 2.46. The lowest BCUT2D eigenvalue weighted by Gasteiger charge is -2.11. The number of hydrogen-bond donors (Lipinski definition) is 2. The second kappa shape index (κ2) is 5.53. The smallest absolute Gasteiger partial charge is 0.191 e. The molecule has 0 bridgehead atoms. The molecule has 2 N–H and O–H groups in total. The highest BCUT2D eigenvalue weighted by Gasteiger charge is 2.39. The highest BCUT2D eigenvalue weighted by Crippen LogP contribution is 2.41. The standard InChI is InChI=1S/C15H20BrN3/c1-17-15(18-9-10-2-3-10)19-14-8-13(14)11-4-6-12(16)7-5-11/h4-7,10,13-14H,2-3,8-9H2,1H3,(H2,17,18,19). The molecule has 0 heterocycles. The summed E-state index contributed by atoms with van der Waals surface area (Å²) in [6.45, 7) is 1.06. The van der Waals surface area contributed by atoms with E-state index in [1.807, 2.05) is 7.05 Å². The largest absolute Gasteiger partial charge is 0.356 e. The van der Waals surface area contributed by atoms with Gasteiger partial charge in [-0.25, -0.2) is 0 Å². The molecule has 19 heavy (non-hydrogen) atoms. The molecule has 0 aromatic heterocycles. The van der Waals surface area contributed by atoms with Gasteiger partial charge in [-0.05, 0) is 42.9 Å². The minimum absolute atomic E-state index is 0.534. The Morgan fingerprint density at radius 2 is 2.05 bits per heavy atom. The molecule has 0 spiro atoms. The first-order chi connectivity index (χ1) is 9.26. The van der Waals surface area contributed by atoms with Crippen molar-refractivity contribution in [3.63, 3.8) is 0 Å². The third-order valence-electron chi connectivity index (χ3n) is 3.89. The fourth-order valence-electron chi connectivity index (χ4n) is 2.37. The van der Waals surface area contributed by atoms with E-state index in [0.29, 0.717) is 12.0 Å². The van der Waals surface area contributed by atoms with Crippen LogP contribution in [0.3, 0.4) is 0 Å². The molecule has 2 unspecified atom stereocenters. The summed E-state index contributed by atoms with van der Waals surface area (Å²) in [5, 5.41) is 6.93. The molecule has 0 amide bonds. The summed E-state index contributed by atoms with van der Waals surface area (Å²) in [6, 6.07) is 9.18. The van der Waals surface area contributed by atoms with E-state index >= 15 is 0 Å². The molecule has 2 atom stereocenters. The van der Waals surface area contributed by atoms with Crippen LogP contribution in [0.5, 0.6) is 0 Å². The van der Waals surface area contributed by atoms with Gasteiger partial charge >= 0.3 is 0 Å². The van der Waals surface area contributed by atoms with Gasteiger partial charge in [0.2, 0.25) is 0 Å². The predicted molar refractivity (Wildman–Crippen MR) is 82.5 cm³/mol. The van der Waals surface area contributed by atoms with Crippen molar-refractivity contribution in [2.75, 3.05) is 13.6 Å². The maximum absolute atomic E-state index is 4.30. The monoisotopic (exact) mass is 321 g/mol. The average molecular weight is 322 g/mol. The molecule has 0 aliphatic heterocycles. The Labute approximate surface area is 123 Å². The van der Waals surface area contributed by atoms with E-state index < -0.39 is 0 Å². The van der Waals surface area contributed by atoms with Crippen molar-refractivity contribution in [1.82, 2.24) is 10.6 Å². The van der Waals surface area contributed by atoms with E-state index in [4.69, 9.17) is 0 Å². The molecule has 2 aliphatic rings. The summed E-state index contributed by atoms with van der Waals surface area (Å²) < 4.78 is 1.14. The van der Waals surface area contributed by atoms with Gasteiger partial charge in [-0.3, -0.25) is 4.99 Å². The normalized spacial score (nSPS) is 26.1. The number of halogens is 1. The number of nitrogens with zero attached hydrogens (tertiary/aromatic N) is 1. The summed E-state index contributed by atoms with van der Waals surface area (Å²) in [6.07, 6.45) is 3.94. The number of nitrogens with one attached hydrogen (secondary N) is 2. The Morgan fingerprint density at radius 1 is 1.32 bits per heavy atom. The lowest BCUT2D eigenvalue weighted by molar-refractivity contribution is 0.731. The fourth-order valence-corrected chi connectivity index (χ4v) is 2.63. The second-order valence-corrected chi connectivity index (χ2v) is 6.46. The van der Waals surface area contributed by atoms with E-state index in [0.717, 1.165) is 22.9 Å². The molecule has 4 heteroatoms. The molecule has 102 valence electrons. The zero-order valence-electron chi connectivity index (χ0n) is 11.2. The van der Waals surface area contributed by atoms with Crippen LogP contribution in [-0.4, -0.2) is 25.6 Å². The van der Waals surface area contributed by atoms with Crippen molar-refractivity contribution < 1.29 is 0 Å². The first kappa shape index (κ1) is 13.0. The Kier molecular flexibility index (Phi) is 3.78. The summed E-state index contributed by atoms with van der Waals surface area (Å²) in [7, 11) is 1.85. The molecule has 2 saturated carbocycles. The van der Waals surface area contributed by atoms with E-state index in [-0.39, 0.29) is 0 Å². The number of benzene rings is 1. The van der Waals surface area contributed by atoms with Crippen LogP contribution in [0.25, 0.3) is 0 Å². The topological polar surface area (TPSA) is 36.4 Å². The van der Waals surface area contributed by atoms with Gasteiger partial charge in [0.25, 0.3) is 0 Å². The first-order valence-corrected chi connectivity index (χ1v) is 7.78.